The zero-order chi connectivity index (χ0) is 16.8. The van der Waals surface area contributed by atoms with E-state index in [0.29, 0.717) is 11.3 Å². The molecule has 0 aliphatic carbocycles. The number of hydrogen-bond acceptors (Lipinski definition) is 3. The Morgan fingerprint density at radius 1 is 1.09 bits per heavy atom. The summed E-state index contributed by atoms with van der Waals surface area (Å²) in [7, 11) is 1.56. The van der Waals surface area contributed by atoms with Crippen molar-refractivity contribution >= 4 is 5.91 Å². The van der Waals surface area contributed by atoms with Crippen LogP contribution in [0.5, 0.6) is 11.5 Å². The standard InChI is InChI=1S/C17H17F2NO3/c1-11(14-5-3-4-6-15(14)22-2)20-16(21)12-7-9-13(10-8-12)23-17(18)19/h3-11,17H,1-2H3,(H,20,21)/t11-/m1/s1. The molecule has 1 N–H and O–H groups in total. The first-order chi connectivity index (χ1) is 11.0. The Bertz CT molecular complexity index is 659. The zero-order valence-electron chi connectivity index (χ0n) is 12.8. The van der Waals surface area contributed by atoms with Gasteiger partial charge in [-0.1, -0.05) is 18.2 Å². The Labute approximate surface area is 133 Å². The molecule has 23 heavy (non-hydrogen) atoms. The van der Waals surface area contributed by atoms with E-state index < -0.39 is 6.61 Å². The number of rotatable bonds is 6. The number of methoxy groups -OCH3 is 1. The van der Waals surface area contributed by atoms with Gasteiger partial charge in [-0.3, -0.25) is 4.79 Å². The van der Waals surface area contributed by atoms with E-state index in [-0.39, 0.29) is 17.7 Å². The minimum Gasteiger partial charge on any atom is -0.496 e. The van der Waals surface area contributed by atoms with Gasteiger partial charge in [0.15, 0.2) is 0 Å². The van der Waals surface area contributed by atoms with Gasteiger partial charge in [0, 0.05) is 11.1 Å². The maximum absolute atomic E-state index is 12.2. The minimum absolute atomic E-state index is 0.00864. The molecule has 2 aromatic rings. The molecule has 0 unspecified atom stereocenters. The van der Waals surface area contributed by atoms with Crippen molar-refractivity contribution < 1.29 is 23.0 Å². The second kappa shape index (κ2) is 7.58. The topological polar surface area (TPSA) is 47.6 Å². The fraction of sp³-hybridized carbons (Fsp3) is 0.235. The van der Waals surface area contributed by atoms with Gasteiger partial charge in [0.05, 0.1) is 13.2 Å². The summed E-state index contributed by atoms with van der Waals surface area (Å²) in [5.74, 6) is 0.377. The van der Waals surface area contributed by atoms with E-state index in [1.54, 1.807) is 7.11 Å². The van der Waals surface area contributed by atoms with E-state index >= 15 is 0 Å². The first kappa shape index (κ1) is 16.7. The fourth-order valence-corrected chi connectivity index (χ4v) is 2.17. The van der Waals surface area contributed by atoms with Gasteiger partial charge in [-0.25, -0.2) is 0 Å². The molecule has 4 nitrogen and oxygen atoms in total. The molecule has 0 fully saturated rings. The molecule has 0 saturated carbocycles. The third-order valence-electron chi connectivity index (χ3n) is 3.29. The molecule has 1 atom stereocenters. The lowest BCUT2D eigenvalue weighted by Gasteiger charge is -2.17. The molecule has 0 aliphatic heterocycles. The lowest BCUT2D eigenvalue weighted by atomic mass is 10.1. The SMILES string of the molecule is COc1ccccc1[C@@H](C)NC(=O)c1ccc(OC(F)F)cc1. The van der Waals surface area contributed by atoms with Gasteiger partial charge >= 0.3 is 6.61 Å². The highest BCUT2D eigenvalue weighted by atomic mass is 19.3. The predicted molar refractivity (Wildman–Crippen MR) is 81.9 cm³/mol. The number of halogens is 2. The molecule has 0 radical (unpaired) electrons. The Balaban J connectivity index is 2.06. The lowest BCUT2D eigenvalue weighted by molar-refractivity contribution is -0.0498. The molecule has 0 bridgehead atoms. The van der Waals surface area contributed by atoms with Gasteiger partial charge in [0.2, 0.25) is 0 Å². The third kappa shape index (κ3) is 4.42. The van der Waals surface area contributed by atoms with Crippen molar-refractivity contribution in [1.82, 2.24) is 5.32 Å². The van der Waals surface area contributed by atoms with E-state index in [2.05, 4.69) is 10.1 Å². The summed E-state index contributed by atoms with van der Waals surface area (Å²) in [4.78, 5) is 12.2. The van der Waals surface area contributed by atoms with E-state index in [0.717, 1.165) is 5.56 Å². The zero-order valence-corrected chi connectivity index (χ0v) is 12.8. The first-order valence-electron chi connectivity index (χ1n) is 7.00. The van der Waals surface area contributed by atoms with Crippen LogP contribution in [-0.2, 0) is 0 Å². The Morgan fingerprint density at radius 2 is 1.74 bits per heavy atom. The summed E-state index contributed by atoms with van der Waals surface area (Å²) in [6, 6.07) is 12.6. The Hall–Kier alpha value is -2.63. The highest BCUT2D eigenvalue weighted by molar-refractivity contribution is 5.94. The molecule has 0 heterocycles. The number of carbonyl (C=O) groups is 1. The van der Waals surface area contributed by atoms with Crippen molar-refractivity contribution in [2.75, 3.05) is 7.11 Å². The highest BCUT2D eigenvalue weighted by Gasteiger charge is 2.15. The summed E-state index contributed by atoms with van der Waals surface area (Å²) >= 11 is 0. The maximum atomic E-state index is 12.2. The summed E-state index contributed by atoms with van der Waals surface area (Å²) in [6.07, 6.45) is 0. The number of hydrogen-bond donors (Lipinski definition) is 1. The monoisotopic (exact) mass is 321 g/mol. The van der Waals surface area contributed by atoms with Gasteiger partial charge in [-0.2, -0.15) is 8.78 Å². The smallest absolute Gasteiger partial charge is 0.387 e. The average Bonchev–Trinajstić information content (AvgIpc) is 2.54. The number of ether oxygens (including phenoxy) is 2. The van der Waals surface area contributed by atoms with Crippen LogP contribution < -0.4 is 14.8 Å². The van der Waals surface area contributed by atoms with Crippen LogP contribution in [0.2, 0.25) is 0 Å². The van der Waals surface area contributed by atoms with Crippen molar-refractivity contribution in [2.45, 2.75) is 19.6 Å². The molecular weight excluding hydrogens is 304 g/mol. The fourth-order valence-electron chi connectivity index (χ4n) is 2.17. The Morgan fingerprint density at radius 3 is 2.35 bits per heavy atom. The van der Waals surface area contributed by atoms with Crippen molar-refractivity contribution in [2.24, 2.45) is 0 Å². The van der Waals surface area contributed by atoms with E-state index in [1.165, 1.54) is 24.3 Å². The molecule has 2 rings (SSSR count). The van der Waals surface area contributed by atoms with Crippen molar-refractivity contribution in [3.8, 4) is 11.5 Å². The van der Waals surface area contributed by atoms with Crippen LogP contribution >= 0.6 is 0 Å². The number of para-hydroxylation sites is 1. The Kier molecular flexibility index (Phi) is 5.51. The number of benzene rings is 2. The molecule has 6 heteroatoms. The van der Waals surface area contributed by atoms with Crippen LogP contribution in [0.1, 0.15) is 28.9 Å². The summed E-state index contributed by atoms with van der Waals surface area (Å²) in [5, 5.41) is 2.84. The molecule has 1 amide bonds. The van der Waals surface area contributed by atoms with Crippen LogP contribution in [0, 0.1) is 0 Å². The third-order valence-corrected chi connectivity index (χ3v) is 3.29. The molecule has 0 aliphatic rings. The van der Waals surface area contributed by atoms with Crippen LogP contribution in [0.4, 0.5) is 8.78 Å². The predicted octanol–water partition coefficient (Wildman–Crippen LogP) is 3.79. The van der Waals surface area contributed by atoms with Crippen LogP contribution in [-0.4, -0.2) is 19.6 Å². The number of amides is 1. The molecule has 122 valence electrons. The second-order valence-corrected chi connectivity index (χ2v) is 4.84. The van der Waals surface area contributed by atoms with Crippen molar-refractivity contribution in [1.29, 1.82) is 0 Å². The molecule has 0 spiro atoms. The number of alkyl halides is 2. The summed E-state index contributed by atoms with van der Waals surface area (Å²) in [6.45, 7) is -1.05. The largest absolute Gasteiger partial charge is 0.496 e. The minimum atomic E-state index is -2.89. The van der Waals surface area contributed by atoms with Crippen molar-refractivity contribution in [3.05, 3.63) is 59.7 Å². The van der Waals surface area contributed by atoms with Crippen LogP contribution in [0.3, 0.4) is 0 Å². The number of carbonyl (C=O) groups excluding carboxylic acids is 1. The second-order valence-electron chi connectivity index (χ2n) is 4.84. The van der Waals surface area contributed by atoms with Gasteiger partial charge in [0.1, 0.15) is 11.5 Å². The van der Waals surface area contributed by atoms with Crippen LogP contribution in [0.15, 0.2) is 48.5 Å². The molecule has 0 saturated heterocycles. The lowest BCUT2D eigenvalue weighted by Crippen LogP contribution is -2.26. The van der Waals surface area contributed by atoms with Gasteiger partial charge in [-0.05, 0) is 37.3 Å². The van der Waals surface area contributed by atoms with Crippen LogP contribution in [0.25, 0.3) is 0 Å². The molecule has 0 aromatic heterocycles. The van der Waals surface area contributed by atoms with Gasteiger partial charge < -0.3 is 14.8 Å². The first-order valence-corrected chi connectivity index (χ1v) is 7.00. The normalized spacial score (nSPS) is 11.9. The summed E-state index contributed by atoms with van der Waals surface area (Å²) < 4.78 is 33.7. The quantitative estimate of drug-likeness (QED) is 0.880. The molecular formula is C17H17F2NO3. The highest BCUT2D eigenvalue weighted by Crippen LogP contribution is 2.24. The maximum Gasteiger partial charge on any atom is 0.387 e. The average molecular weight is 321 g/mol. The van der Waals surface area contributed by atoms with Gasteiger partial charge in [-0.15, -0.1) is 0 Å². The molecule has 2 aromatic carbocycles. The summed E-state index contributed by atoms with van der Waals surface area (Å²) in [5.41, 5.74) is 1.20. The van der Waals surface area contributed by atoms with Crippen molar-refractivity contribution in [3.63, 3.8) is 0 Å². The van der Waals surface area contributed by atoms with Gasteiger partial charge in [0.25, 0.3) is 5.91 Å². The number of nitrogens with one attached hydrogen (secondary N) is 1. The van der Waals surface area contributed by atoms with E-state index in [4.69, 9.17) is 4.74 Å². The van der Waals surface area contributed by atoms with E-state index in [1.807, 2.05) is 31.2 Å². The van der Waals surface area contributed by atoms with E-state index in [9.17, 15) is 13.6 Å².